The quantitative estimate of drug-likeness (QED) is 0.620. The predicted octanol–water partition coefficient (Wildman–Crippen LogP) is 0.595. The monoisotopic (exact) mass is 134 g/mol. The molecule has 4 heteroatoms. The lowest BCUT2D eigenvalue weighted by atomic mass is 10.7. The van der Waals surface area contributed by atoms with Crippen LogP contribution >= 0.6 is 0 Å². The average molecular weight is 134 g/mol. The van der Waals surface area contributed by atoms with E-state index in [4.69, 9.17) is 0 Å². The Bertz CT molecular complexity index is 249. The summed E-state index contributed by atoms with van der Waals surface area (Å²) in [6.07, 6.45) is 5.34. The smallest absolute Gasteiger partial charge is 0.252 e. The van der Waals surface area contributed by atoms with Gasteiger partial charge >= 0.3 is 0 Å². The molecule has 0 saturated carbocycles. The fourth-order valence-corrected chi connectivity index (χ4v) is 0.794. The van der Waals surface area contributed by atoms with Gasteiger partial charge in [-0.05, 0) is 12.1 Å². The molecule has 2 aromatic heterocycles. The van der Waals surface area contributed by atoms with Crippen LogP contribution in [0, 0.1) is 0 Å². The summed E-state index contributed by atoms with van der Waals surface area (Å²) < 4.78 is 1.83. The Morgan fingerprint density at radius 1 is 1.30 bits per heavy atom. The van der Waals surface area contributed by atoms with E-state index in [-0.39, 0.29) is 0 Å². The van der Waals surface area contributed by atoms with Gasteiger partial charge in [0.15, 0.2) is 0 Å². The molecule has 0 unspecified atom stereocenters. The lowest BCUT2D eigenvalue weighted by Gasteiger charge is -1.90. The summed E-state index contributed by atoms with van der Waals surface area (Å²) in [6, 6.07) is 3.85. The number of aromatic nitrogens is 4. The molecule has 0 saturated heterocycles. The zero-order valence-electron chi connectivity index (χ0n) is 5.23. The molecular weight excluding hydrogens is 128 g/mol. The van der Waals surface area contributed by atoms with Crippen LogP contribution in [0.1, 0.15) is 0 Å². The molecule has 4 nitrogen and oxygen atoms in total. The second-order valence-corrected chi connectivity index (χ2v) is 1.89. The van der Waals surface area contributed by atoms with Gasteiger partial charge in [0.25, 0.3) is 5.95 Å². The lowest BCUT2D eigenvalue weighted by Crippen LogP contribution is -1.91. The van der Waals surface area contributed by atoms with Gasteiger partial charge < -0.3 is 0 Å². The minimum Gasteiger partial charge on any atom is -0.292 e. The highest BCUT2D eigenvalue weighted by Gasteiger charge is 1.94. The Labute approximate surface area is 57.5 Å². The highest BCUT2D eigenvalue weighted by molar-refractivity contribution is 5.10. The summed E-state index contributed by atoms with van der Waals surface area (Å²) >= 11 is 0. The van der Waals surface area contributed by atoms with E-state index >= 15 is 0 Å². The van der Waals surface area contributed by atoms with E-state index in [1.165, 1.54) is 0 Å². The predicted molar refractivity (Wildman–Crippen MR) is 35.7 cm³/mol. The normalized spacial score (nSPS) is 10.0. The van der Waals surface area contributed by atoms with Gasteiger partial charge in [-0.3, -0.25) is 9.67 Å². The Balaban J connectivity index is 2.48. The fraction of sp³-hybridized carbons (Fsp3) is 0. The van der Waals surface area contributed by atoms with E-state index in [1.54, 1.807) is 6.33 Å². The summed E-state index contributed by atoms with van der Waals surface area (Å²) in [5.41, 5.74) is 0. The van der Waals surface area contributed by atoms with Gasteiger partial charge in [0, 0.05) is 12.4 Å². The van der Waals surface area contributed by atoms with E-state index in [0.717, 1.165) is 0 Å². The topological polar surface area (TPSA) is 46.5 Å². The van der Waals surface area contributed by atoms with Crippen molar-refractivity contribution in [2.75, 3.05) is 0 Å². The Kier molecular flexibility index (Phi) is 1.04. The lowest BCUT2D eigenvalue weighted by molar-refractivity contribution is 0.941. The number of nitrogens with one attached hydrogen (secondary N) is 1. The zero-order valence-corrected chi connectivity index (χ0v) is 5.23. The molecule has 10 heavy (non-hydrogen) atoms. The molecule has 0 aliphatic heterocycles. The molecule has 0 spiro atoms. The van der Waals surface area contributed by atoms with Gasteiger partial charge in [-0.2, -0.15) is 0 Å². The highest BCUT2D eigenvalue weighted by Crippen LogP contribution is 1.96. The van der Waals surface area contributed by atoms with Crippen LogP contribution in [0.4, 0.5) is 0 Å². The minimum atomic E-state index is 0.671. The standard InChI is InChI=1S/C6H6N4/c1-2-4-10(3-1)6-7-5-8-9-6/h1-5H,(H,7,8,9). The largest absolute Gasteiger partial charge is 0.292 e. The Morgan fingerprint density at radius 3 is 2.70 bits per heavy atom. The van der Waals surface area contributed by atoms with Crippen molar-refractivity contribution < 1.29 is 0 Å². The maximum atomic E-state index is 3.96. The average Bonchev–Trinajstić information content (AvgIpc) is 2.59. The zero-order chi connectivity index (χ0) is 6.81. The number of hydrogen-bond donors (Lipinski definition) is 1. The third-order valence-electron chi connectivity index (χ3n) is 1.24. The second-order valence-electron chi connectivity index (χ2n) is 1.89. The van der Waals surface area contributed by atoms with Gasteiger partial charge in [-0.15, -0.1) is 5.10 Å². The molecule has 50 valence electrons. The molecule has 2 aromatic rings. The first-order valence-corrected chi connectivity index (χ1v) is 2.96. The van der Waals surface area contributed by atoms with Crippen LogP contribution in [0.25, 0.3) is 5.95 Å². The maximum absolute atomic E-state index is 3.96. The maximum Gasteiger partial charge on any atom is 0.252 e. The molecule has 0 bridgehead atoms. The van der Waals surface area contributed by atoms with Crippen LogP contribution in [0.15, 0.2) is 30.9 Å². The number of hydrogen-bond acceptors (Lipinski definition) is 2. The van der Waals surface area contributed by atoms with Crippen molar-refractivity contribution in [3.05, 3.63) is 30.9 Å². The minimum absolute atomic E-state index is 0.671. The van der Waals surface area contributed by atoms with Crippen molar-refractivity contribution in [1.82, 2.24) is 19.7 Å². The first kappa shape index (κ1) is 5.22. The molecule has 0 aliphatic rings. The first-order chi connectivity index (χ1) is 4.97. The van der Waals surface area contributed by atoms with E-state index in [1.807, 2.05) is 29.1 Å². The molecular formula is C6H6N4. The fourth-order valence-electron chi connectivity index (χ4n) is 0.794. The van der Waals surface area contributed by atoms with Crippen LogP contribution in [0.5, 0.6) is 0 Å². The van der Waals surface area contributed by atoms with Gasteiger partial charge in [0.05, 0.1) is 0 Å². The SMILES string of the molecule is c1ccn(-c2nc[nH]n2)c1. The number of rotatable bonds is 1. The summed E-state index contributed by atoms with van der Waals surface area (Å²) in [4.78, 5) is 3.96. The third-order valence-corrected chi connectivity index (χ3v) is 1.24. The molecule has 2 rings (SSSR count). The summed E-state index contributed by atoms with van der Waals surface area (Å²) in [5, 5.41) is 6.52. The van der Waals surface area contributed by atoms with Crippen molar-refractivity contribution in [3.63, 3.8) is 0 Å². The van der Waals surface area contributed by atoms with Crippen LogP contribution in [0.3, 0.4) is 0 Å². The van der Waals surface area contributed by atoms with E-state index in [0.29, 0.717) is 5.95 Å². The van der Waals surface area contributed by atoms with E-state index < -0.39 is 0 Å². The molecule has 0 atom stereocenters. The number of nitrogens with zero attached hydrogens (tertiary/aromatic N) is 3. The van der Waals surface area contributed by atoms with Crippen molar-refractivity contribution in [2.24, 2.45) is 0 Å². The van der Waals surface area contributed by atoms with Crippen LogP contribution < -0.4 is 0 Å². The van der Waals surface area contributed by atoms with Crippen molar-refractivity contribution in [2.45, 2.75) is 0 Å². The van der Waals surface area contributed by atoms with Crippen molar-refractivity contribution in [1.29, 1.82) is 0 Å². The van der Waals surface area contributed by atoms with Crippen LogP contribution in [-0.2, 0) is 0 Å². The Morgan fingerprint density at radius 2 is 2.10 bits per heavy atom. The third kappa shape index (κ3) is 0.699. The summed E-state index contributed by atoms with van der Waals surface area (Å²) in [6.45, 7) is 0. The number of H-pyrrole nitrogens is 1. The molecule has 0 fully saturated rings. The van der Waals surface area contributed by atoms with Crippen LogP contribution in [0.2, 0.25) is 0 Å². The van der Waals surface area contributed by atoms with E-state index in [2.05, 4.69) is 15.2 Å². The molecule has 0 radical (unpaired) electrons. The van der Waals surface area contributed by atoms with Crippen molar-refractivity contribution in [3.8, 4) is 5.95 Å². The molecule has 0 amide bonds. The number of aromatic amines is 1. The summed E-state index contributed by atoms with van der Waals surface area (Å²) in [5.74, 6) is 0.671. The molecule has 1 N–H and O–H groups in total. The molecule has 2 heterocycles. The van der Waals surface area contributed by atoms with Gasteiger partial charge in [-0.1, -0.05) is 0 Å². The van der Waals surface area contributed by atoms with Gasteiger partial charge in [-0.25, -0.2) is 4.98 Å². The van der Waals surface area contributed by atoms with Gasteiger partial charge in [0.1, 0.15) is 6.33 Å². The van der Waals surface area contributed by atoms with Crippen molar-refractivity contribution >= 4 is 0 Å². The Hall–Kier alpha value is -1.58. The van der Waals surface area contributed by atoms with Gasteiger partial charge in [0.2, 0.25) is 0 Å². The summed E-state index contributed by atoms with van der Waals surface area (Å²) in [7, 11) is 0. The first-order valence-electron chi connectivity index (χ1n) is 2.96. The molecule has 0 aromatic carbocycles. The highest BCUT2D eigenvalue weighted by atomic mass is 15.3. The van der Waals surface area contributed by atoms with E-state index in [9.17, 15) is 0 Å². The van der Waals surface area contributed by atoms with Crippen LogP contribution in [-0.4, -0.2) is 19.7 Å². The second kappa shape index (κ2) is 1.98. The molecule has 0 aliphatic carbocycles.